The first-order valence-electron chi connectivity index (χ1n) is 6.47. The van der Waals surface area contributed by atoms with Gasteiger partial charge in [0.25, 0.3) is 5.69 Å². The van der Waals surface area contributed by atoms with Crippen molar-refractivity contribution in [1.82, 2.24) is 0 Å². The molecule has 0 fully saturated rings. The molecule has 0 bridgehead atoms. The van der Waals surface area contributed by atoms with E-state index >= 15 is 0 Å². The molecule has 0 N–H and O–H groups in total. The minimum atomic E-state index is -0.371. The van der Waals surface area contributed by atoms with E-state index in [-0.39, 0.29) is 10.6 Å². The van der Waals surface area contributed by atoms with Gasteiger partial charge in [0.05, 0.1) is 16.6 Å². The SMILES string of the molecule is Cc1cccc([N+](=O)[O-])c1N(C)Cc1cccc(C#N)c1. The highest BCUT2D eigenvalue weighted by atomic mass is 16.6. The quantitative estimate of drug-likeness (QED) is 0.636. The van der Waals surface area contributed by atoms with Gasteiger partial charge in [0.15, 0.2) is 0 Å². The molecule has 0 aliphatic heterocycles. The number of nitriles is 1. The molecule has 0 aliphatic carbocycles. The lowest BCUT2D eigenvalue weighted by atomic mass is 10.1. The molecule has 0 spiro atoms. The van der Waals surface area contributed by atoms with Crippen LogP contribution in [0.3, 0.4) is 0 Å². The number of rotatable bonds is 4. The molecular formula is C16H15N3O2. The second kappa shape index (κ2) is 6.06. The van der Waals surface area contributed by atoms with Crippen LogP contribution in [0.25, 0.3) is 0 Å². The molecule has 0 atom stereocenters. The summed E-state index contributed by atoms with van der Waals surface area (Å²) in [5.41, 5.74) is 3.07. The van der Waals surface area contributed by atoms with E-state index in [1.165, 1.54) is 6.07 Å². The molecular weight excluding hydrogens is 266 g/mol. The zero-order valence-electron chi connectivity index (χ0n) is 11.9. The lowest BCUT2D eigenvalue weighted by molar-refractivity contribution is -0.384. The van der Waals surface area contributed by atoms with Gasteiger partial charge in [0.2, 0.25) is 0 Å². The normalized spacial score (nSPS) is 9.95. The number of nitro benzene ring substituents is 1. The molecule has 21 heavy (non-hydrogen) atoms. The van der Waals surface area contributed by atoms with E-state index in [1.807, 2.05) is 37.1 Å². The Kier molecular flexibility index (Phi) is 4.19. The van der Waals surface area contributed by atoms with Gasteiger partial charge in [-0.3, -0.25) is 10.1 Å². The van der Waals surface area contributed by atoms with Crippen LogP contribution in [0.2, 0.25) is 0 Å². The van der Waals surface area contributed by atoms with Crippen molar-refractivity contribution in [3.63, 3.8) is 0 Å². The van der Waals surface area contributed by atoms with Crippen LogP contribution in [0.4, 0.5) is 11.4 Å². The van der Waals surface area contributed by atoms with E-state index in [9.17, 15) is 10.1 Å². The van der Waals surface area contributed by atoms with Crippen LogP contribution in [0.15, 0.2) is 42.5 Å². The first-order valence-corrected chi connectivity index (χ1v) is 6.47. The van der Waals surface area contributed by atoms with Crippen molar-refractivity contribution in [1.29, 1.82) is 5.26 Å². The average molecular weight is 281 g/mol. The predicted molar refractivity (Wildman–Crippen MR) is 81.1 cm³/mol. The number of benzene rings is 2. The van der Waals surface area contributed by atoms with Gasteiger partial charge in [-0.15, -0.1) is 0 Å². The van der Waals surface area contributed by atoms with E-state index < -0.39 is 0 Å². The summed E-state index contributed by atoms with van der Waals surface area (Å²) in [6.07, 6.45) is 0. The Morgan fingerprint density at radius 1 is 1.29 bits per heavy atom. The third-order valence-electron chi connectivity index (χ3n) is 3.27. The number of nitrogens with zero attached hydrogens (tertiary/aromatic N) is 3. The van der Waals surface area contributed by atoms with E-state index in [0.29, 0.717) is 17.8 Å². The van der Waals surface area contributed by atoms with Crippen LogP contribution in [0.1, 0.15) is 16.7 Å². The van der Waals surface area contributed by atoms with Crippen molar-refractivity contribution in [2.24, 2.45) is 0 Å². The topological polar surface area (TPSA) is 70.2 Å². The van der Waals surface area contributed by atoms with Crippen LogP contribution < -0.4 is 4.90 Å². The van der Waals surface area contributed by atoms with Crippen molar-refractivity contribution in [2.75, 3.05) is 11.9 Å². The summed E-state index contributed by atoms with van der Waals surface area (Å²) >= 11 is 0. The smallest absolute Gasteiger partial charge is 0.292 e. The molecule has 0 aromatic heterocycles. The van der Waals surface area contributed by atoms with Gasteiger partial charge in [-0.05, 0) is 30.2 Å². The molecule has 5 nitrogen and oxygen atoms in total. The molecule has 0 amide bonds. The summed E-state index contributed by atoms with van der Waals surface area (Å²) in [4.78, 5) is 12.6. The number of hydrogen-bond donors (Lipinski definition) is 0. The standard InChI is InChI=1S/C16H15N3O2/c1-12-5-3-8-15(19(20)21)16(12)18(2)11-14-7-4-6-13(9-14)10-17/h3-9H,11H2,1-2H3. The fourth-order valence-corrected chi connectivity index (χ4v) is 2.38. The summed E-state index contributed by atoms with van der Waals surface area (Å²) in [5, 5.41) is 20.1. The zero-order valence-corrected chi connectivity index (χ0v) is 11.9. The average Bonchev–Trinajstić information content (AvgIpc) is 2.46. The number of para-hydroxylation sites is 1. The maximum Gasteiger partial charge on any atom is 0.292 e. The van der Waals surface area contributed by atoms with Gasteiger partial charge >= 0.3 is 0 Å². The Balaban J connectivity index is 2.34. The highest BCUT2D eigenvalue weighted by molar-refractivity contribution is 5.67. The Morgan fingerprint density at radius 2 is 2.00 bits per heavy atom. The second-order valence-corrected chi connectivity index (χ2v) is 4.87. The Bertz CT molecular complexity index is 720. The van der Waals surface area contributed by atoms with Crippen molar-refractivity contribution < 1.29 is 4.92 Å². The minimum Gasteiger partial charge on any atom is -0.365 e. The van der Waals surface area contributed by atoms with E-state index in [0.717, 1.165) is 11.1 Å². The van der Waals surface area contributed by atoms with Crippen molar-refractivity contribution in [3.05, 3.63) is 69.3 Å². The van der Waals surface area contributed by atoms with Crippen LogP contribution >= 0.6 is 0 Å². The lowest BCUT2D eigenvalue weighted by Crippen LogP contribution is -2.18. The van der Waals surface area contributed by atoms with Crippen molar-refractivity contribution >= 4 is 11.4 Å². The fraction of sp³-hybridized carbons (Fsp3) is 0.188. The number of hydrogen-bond acceptors (Lipinski definition) is 4. The maximum atomic E-state index is 11.2. The summed E-state index contributed by atoms with van der Waals surface area (Å²) in [6.45, 7) is 2.35. The number of aryl methyl sites for hydroxylation is 1. The third kappa shape index (κ3) is 3.18. The summed E-state index contributed by atoms with van der Waals surface area (Å²) < 4.78 is 0. The molecule has 0 aliphatic rings. The van der Waals surface area contributed by atoms with Crippen LogP contribution in [0.5, 0.6) is 0 Å². The second-order valence-electron chi connectivity index (χ2n) is 4.87. The molecule has 2 aromatic rings. The molecule has 0 saturated carbocycles. The molecule has 5 heteroatoms. The molecule has 0 radical (unpaired) electrons. The van der Waals surface area contributed by atoms with Gasteiger partial charge in [-0.25, -0.2) is 0 Å². The van der Waals surface area contributed by atoms with Gasteiger partial charge in [-0.2, -0.15) is 5.26 Å². The van der Waals surface area contributed by atoms with Crippen LogP contribution in [-0.2, 0) is 6.54 Å². The van der Waals surface area contributed by atoms with Crippen LogP contribution in [-0.4, -0.2) is 12.0 Å². The Hall–Kier alpha value is -2.87. The van der Waals surface area contributed by atoms with Gasteiger partial charge in [0.1, 0.15) is 5.69 Å². The monoisotopic (exact) mass is 281 g/mol. The molecule has 0 unspecified atom stereocenters. The molecule has 0 saturated heterocycles. The number of nitro groups is 1. The summed E-state index contributed by atoms with van der Waals surface area (Å²) in [5.74, 6) is 0. The van der Waals surface area contributed by atoms with Gasteiger partial charge in [0, 0.05) is 19.7 Å². The first kappa shape index (κ1) is 14.5. The summed E-state index contributed by atoms with van der Waals surface area (Å²) in [7, 11) is 1.81. The van der Waals surface area contributed by atoms with E-state index in [4.69, 9.17) is 5.26 Å². The lowest BCUT2D eigenvalue weighted by Gasteiger charge is -2.21. The highest BCUT2D eigenvalue weighted by Crippen LogP contribution is 2.31. The largest absolute Gasteiger partial charge is 0.365 e. The fourth-order valence-electron chi connectivity index (χ4n) is 2.38. The predicted octanol–water partition coefficient (Wildman–Crippen LogP) is 3.41. The van der Waals surface area contributed by atoms with Crippen molar-refractivity contribution in [3.8, 4) is 6.07 Å². The number of anilines is 1. The Morgan fingerprint density at radius 3 is 2.67 bits per heavy atom. The van der Waals surface area contributed by atoms with Crippen molar-refractivity contribution in [2.45, 2.75) is 13.5 Å². The molecule has 0 heterocycles. The van der Waals surface area contributed by atoms with E-state index in [2.05, 4.69) is 6.07 Å². The van der Waals surface area contributed by atoms with E-state index in [1.54, 1.807) is 18.2 Å². The molecule has 106 valence electrons. The molecule has 2 rings (SSSR count). The van der Waals surface area contributed by atoms with Gasteiger partial charge in [-0.1, -0.05) is 24.3 Å². The zero-order chi connectivity index (χ0) is 15.4. The Labute approximate surface area is 123 Å². The third-order valence-corrected chi connectivity index (χ3v) is 3.27. The van der Waals surface area contributed by atoms with Gasteiger partial charge < -0.3 is 4.90 Å². The maximum absolute atomic E-state index is 11.2. The first-order chi connectivity index (χ1) is 10.0. The minimum absolute atomic E-state index is 0.0916. The highest BCUT2D eigenvalue weighted by Gasteiger charge is 2.19. The molecule has 2 aromatic carbocycles. The van der Waals surface area contributed by atoms with Crippen LogP contribution in [0, 0.1) is 28.4 Å². The summed E-state index contributed by atoms with van der Waals surface area (Å²) in [6, 6.07) is 14.4.